The zero-order valence-electron chi connectivity index (χ0n) is 18.9. The molecule has 1 N–H and O–H groups in total. The number of halogens is 4. The van der Waals surface area contributed by atoms with E-state index < -0.39 is 6.04 Å². The molecule has 184 valence electrons. The minimum atomic E-state index is -0.767. The van der Waals surface area contributed by atoms with Crippen LogP contribution in [0, 0.1) is 0 Å². The minimum Gasteiger partial charge on any atom is -0.483 e. The van der Waals surface area contributed by atoms with Gasteiger partial charge in [0.25, 0.3) is 5.91 Å². The zero-order chi connectivity index (χ0) is 25.4. The summed E-state index contributed by atoms with van der Waals surface area (Å²) in [6.07, 6.45) is 0.338. The van der Waals surface area contributed by atoms with E-state index >= 15 is 0 Å². The van der Waals surface area contributed by atoms with Crippen molar-refractivity contribution in [2.45, 2.75) is 25.9 Å². The third kappa shape index (κ3) is 7.87. The van der Waals surface area contributed by atoms with Crippen molar-refractivity contribution in [2.24, 2.45) is 0 Å². The van der Waals surface area contributed by atoms with Crippen molar-refractivity contribution in [2.75, 3.05) is 13.2 Å². The second-order valence-corrected chi connectivity index (χ2v) is 9.84. The van der Waals surface area contributed by atoms with Gasteiger partial charge < -0.3 is 15.0 Å². The van der Waals surface area contributed by atoms with Crippen LogP contribution >= 0.6 is 50.7 Å². The second kappa shape index (κ2) is 13.2. The molecular formula is C26H24BrCl3N2O3. The minimum absolute atomic E-state index is 0.148. The number of amides is 2. The summed E-state index contributed by atoms with van der Waals surface area (Å²) in [5, 5.41) is 4.17. The van der Waals surface area contributed by atoms with E-state index in [0.717, 1.165) is 11.1 Å². The molecule has 0 aliphatic rings. The van der Waals surface area contributed by atoms with Crippen LogP contribution in [0.3, 0.4) is 0 Å². The molecule has 0 fully saturated rings. The summed E-state index contributed by atoms with van der Waals surface area (Å²) in [5.74, 6) is -0.141. The maximum atomic E-state index is 13.5. The first-order chi connectivity index (χ1) is 16.8. The van der Waals surface area contributed by atoms with Crippen molar-refractivity contribution in [1.29, 1.82) is 0 Å². The Bertz CT molecular complexity index is 1180. The van der Waals surface area contributed by atoms with Crippen molar-refractivity contribution in [3.05, 3.63) is 97.4 Å². The third-order valence-corrected chi connectivity index (χ3v) is 6.80. The van der Waals surface area contributed by atoms with Crippen LogP contribution in [0.2, 0.25) is 15.1 Å². The molecule has 0 heterocycles. The Labute approximate surface area is 228 Å². The number of carbonyl (C=O) groups excluding carboxylic acids is 2. The number of rotatable bonds is 10. The summed E-state index contributed by atoms with van der Waals surface area (Å²) in [6.45, 7) is 2.15. The fourth-order valence-electron chi connectivity index (χ4n) is 3.50. The number of benzene rings is 3. The molecule has 0 radical (unpaired) electrons. The maximum absolute atomic E-state index is 13.5. The van der Waals surface area contributed by atoms with Crippen LogP contribution in [-0.4, -0.2) is 35.9 Å². The Morgan fingerprint density at radius 3 is 2.37 bits per heavy atom. The largest absolute Gasteiger partial charge is 0.483 e. The van der Waals surface area contributed by atoms with Crippen LogP contribution in [0.5, 0.6) is 5.75 Å². The lowest BCUT2D eigenvalue weighted by atomic mass is 10.0. The van der Waals surface area contributed by atoms with Crippen molar-refractivity contribution < 1.29 is 14.3 Å². The van der Waals surface area contributed by atoms with Gasteiger partial charge in [-0.25, -0.2) is 0 Å². The molecule has 0 aliphatic carbocycles. The summed E-state index contributed by atoms with van der Waals surface area (Å²) < 4.78 is 6.40. The van der Waals surface area contributed by atoms with Crippen LogP contribution in [0.25, 0.3) is 0 Å². The normalized spacial score (nSPS) is 11.6. The molecular weight excluding hydrogens is 575 g/mol. The molecule has 0 aromatic heterocycles. The van der Waals surface area contributed by atoms with E-state index in [0.29, 0.717) is 38.3 Å². The van der Waals surface area contributed by atoms with Crippen LogP contribution in [0.4, 0.5) is 0 Å². The molecule has 3 aromatic rings. The van der Waals surface area contributed by atoms with E-state index in [4.69, 9.17) is 39.5 Å². The first kappa shape index (κ1) is 27.3. The standard InChI is InChI=1S/C26H24BrCl3N2O3/c1-2-31-26(34)23(13-17-6-4-3-5-7-17)32(15-18-8-10-21(29)22(30)12-18)25(33)16-35-24-11-9-19(28)14-20(24)27/h3-12,14,23H,2,13,15-16H2,1H3,(H,31,34). The number of ether oxygens (including phenoxy) is 1. The lowest BCUT2D eigenvalue weighted by molar-refractivity contribution is -0.142. The molecule has 3 rings (SSSR count). The average molecular weight is 599 g/mol. The van der Waals surface area contributed by atoms with Crippen molar-refractivity contribution in [3.63, 3.8) is 0 Å². The number of carbonyl (C=O) groups is 2. The number of hydrogen-bond donors (Lipinski definition) is 1. The summed E-state index contributed by atoms with van der Waals surface area (Å²) in [7, 11) is 0. The number of hydrogen-bond acceptors (Lipinski definition) is 3. The van der Waals surface area contributed by atoms with Gasteiger partial charge in [-0.3, -0.25) is 9.59 Å². The van der Waals surface area contributed by atoms with E-state index in [-0.39, 0.29) is 25.0 Å². The first-order valence-electron chi connectivity index (χ1n) is 10.9. The van der Waals surface area contributed by atoms with Crippen LogP contribution in [-0.2, 0) is 22.6 Å². The van der Waals surface area contributed by atoms with E-state index in [2.05, 4.69) is 21.2 Å². The fourth-order valence-corrected chi connectivity index (χ4v) is 4.61. The fraction of sp³-hybridized carbons (Fsp3) is 0.231. The molecule has 0 saturated carbocycles. The topological polar surface area (TPSA) is 58.6 Å². The van der Waals surface area contributed by atoms with Gasteiger partial charge in [0.1, 0.15) is 11.8 Å². The highest BCUT2D eigenvalue weighted by Gasteiger charge is 2.30. The molecule has 0 bridgehead atoms. The molecule has 9 heteroatoms. The summed E-state index contributed by atoms with van der Waals surface area (Å²) in [4.78, 5) is 28.2. The van der Waals surface area contributed by atoms with Gasteiger partial charge in [-0.1, -0.05) is 71.2 Å². The highest BCUT2D eigenvalue weighted by atomic mass is 79.9. The van der Waals surface area contributed by atoms with Gasteiger partial charge in [0.05, 0.1) is 14.5 Å². The van der Waals surface area contributed by atoms with Gasteiger partial charge in [-0.05, 0) is 64.3 Å². The Morgan fingerprint density at radius 2 is 1.71 bits per heavy atom. The molecule has 35 heavy (non-hydrogen) atoms. The molecule has 3 aromatic carbocycles. The highest BCUT2D eigenvalue weighted by Crippen LogP contribution is 2.28. The second-order valence-electron chi connectivity index (χ2n) is 7.73. The van der Waals surface area contributed by atoms with Gasteiger partial charge >= 0.3 is 0 Å². The van der Waals surface area contributed by atoms with Crippen molar-refractivity contribution in [1.82, 2.24) is 10.2 Å². The van der Waals surface area contributed by atoms with Crippen molar-refractivity contribution in [3.8, 4) is 5.75 Å². The predicted molar refractivity (Wildman–Crippen MR) is 144 cm³/mol. The highest BCUT2D eigenvalue weighted by molar-refractivity contribution is 9.10. The first-order valence-corrected chi connectivity index (χ1v) is 12.8. The lowest BCUT2D eigenvalue weighted by Crippen LogP contribution is -2.51. The molecule has 5 nitrogen and oxygen atoms in total. The zero-order valence-corrected chi connectivity index (χ0v) is 22.8. The predicted octanol–water partition coefficient (Wildman–Crippen LogP) is 6.56. The Morgan fingerprint density at radius 1 is 0.971 bits per heavy atom. The molecule has 2 amide bonds. The smallest absolute Gasteiger partial charge is 0.261 e. The van der Waals surface area contributed by atoms with E-state index in [1.165, 1.54) is 4.90 Å². The summed E-state index contributed by atoms with van der Waals surface area (Å²) >= 11 is 21.7. The van der Waals surface area contributed by atoms with Gasteiger partial charge in [0, 0.05) is 24.5 Å². The maximum Gasteiger partial charge on any atom is 0.261 e. The molecule has 0 saturated heterocycles. The Kier molecular flexibility index (Phi) is 10.3. The quantitative estimate of drug-likeness (QED) is 0.288. The summed E-state index contributed by atoms with van der Waals surface area (Å²) in [6, 6.07) is 19.0. The molecule has 0 aliphatic heterocycles. The SMILES string of the molecule is CCNC(=O)C(Cc1ccccc1)N(Cc1ccc(Cl)c(Cl)c1)C(=O)COc1ccc(Cl)cc1Br. The van der Waals surface area contributed by atoms with Crippen LogP contribution in [0.15, 0.2) is 71.2 Å². The van der Waals surface area contributed by atoms with Gasteiger partial charge in [-0.2, -0.15) is 0 Å². The molecule has 1 atom stereocenters. The third-order valence-electron chi connectivity index (χ3n) is 5.20. The van der Waals surface area contributed by atoms with Gasteiger partial charge in [0.15, 0.2) is 6.61 Å². The summed E-state index contributed by atoms with van der Waals surface area (Å²) in [5.41, 5.74) is 1.67. The van der Waals surface area contributed by atoms with Crippen molar-refractivity contribution >= 4 is 62.5 Å². The molecule has 0 spiro atoms. The lowest BCUT2D eigenvalue weighted by Gasteiger charge is -2.31. The number of likely N-dealkylation sites (N-methyl/N-ethyl adjacent to an activating group) is 1. The Balaban J connectivity index is 1.92. The van der Waals surface area contributed by atoms with Crippen LogP contribution in [0.1, 0.15) is 18.1 Å². The molecule has 1 unspecified atom stereocenters. The monoisotopic (exact) mass is 596 g/mol. The van der Waals surface area contributed by atoms with Gasteiger partial charge in [0.2, 0.25) is 5.91 Å². The number of nitrogens with one attached hydrogen (secondary N) is 1. The Hall–Kier alpha value is -2.25. The number of nitrogens with zero attached hydrogens (tertiary/aromatic N) is 1. The van der Waals surface area contributed by atoms with Gasteiger partial charge in [-0.15, -0.1) is 0 Å². The van der Waals surface area contributed by atoms with E-state index in [1.54, 1.807) is 36.4 Å². The van der Waals surface area contributed by atoms with E-state index in [1.807, 2.05) is 37.3 Å². The average Bonchev–Trinajstić information content (AvgIpc) is 2.83. The van der Waals surface area contributed by atoms with Crippen LogP contribution < -0.4 is 10.1 Å². The van der Waals surface area contributed by atoms with E-state index in [9.17, 15) is 9.59 Å².